The van der Waals surface area contributed by atoms with Crippen LogP contribution < -0.4 is 11.1 Å². The van der Waals surface area contributed by atoms with Crippen molar-refractivity contribution in [2.75, 3.05) is 13.6 Å². The van der Waals surface area contributed by atoms with Crippen LogP contribution in [0.5, 0.6) is 0 Å². The summed E-state index contributed by atoms with van der Waals surface area (Å²) in [5, 5.41) is 3.24. The van der Waals surface area contributed by atoms with Gasteiger partial charge in [0.2, 0.25) is 0 Å². The van der Waals surface area contributed by atoms with Gasteiger partial charge in [0.15, 0.2) is 0 Å². The van der Waals surface area contributed by atoms with Crippen molar-refractivity contribution in [3.63, 3.8) is 0 Å². The van der Waals surface area contributed by atoms with E-state index < -0.39 is 0 Å². The van der Waals surface area contributed by atoms with Crippen LogP contribution in [0.15, 0.2) is 18.2 Å². The van der Waals surface area contributed by atoms with Gasteiger partial charge < -0.3 is 11.1 Å². The quantitative estimate of drug-likeness (QED) is 0.821. The molecule has 0 saturated heterocycles. The van der Waals surface area contributed by atoms with Gasteiger partial charge in [-0.15, -0.1) is 0 Å². The predicted octanol–water partition coefficient (Wildman–Crippen LogP) is 2.51. The fraction of sp³-hybridized carbons (Fsp3) is 0.571. The van der Waals surface area contributed by atoms with Crippen LogP contribution in [-0.4, -0.2) is 13.6 Å². The Labute approximate surface area is 99.2 Å². The molecule has 1 rings (SSSR count). The SMILES string of the molecule is CNC(CN)c1ccc(C(C)(C)C)cc1C. The number of hydrogen-bond acceptors (Lipinski definition) is 2. The number of hydrogen-bond donors (Lipinski definition) is 2. The lowest BCUT2D eigenvalue weighted by Gasteiger charge is -2.23. The molecule has 1 atom stereocenters. The molecule has 0 aliphatic carbocycles. The van der Waals surface area contributed by atoms with Gasteiger partial charge in [0.05, 0.1) is 0 Å². The summed E-state index contributed by atoms with van der Waals surface area (Å²) in [5.41, 5.74) is 9.95. The van der Waals surface area contributed by atoms with Crippen molar-refractivity contribution in [3.8, 4) is 0 Å². The highest BCUT2D eigenvalue weighted by molar-refractivity contribution is 5.36. The third kappa shape index (κ3) is 2.83. The summed E-state index contributed by atoms with van der Waals surface area (Å²) >= 11 is 0. The fourth-order valence-corrected chi connectivity index (χ4v) is 1.93. The minimum atomic E-state index is 0.209. The van der Waals surface area contributed by atoms with E-state index in [4.69, 9.17) is 5.73 Å². The predicted molar refractivity (Wildman–Crippen MR) is 70.7 cm³/mol. The van der Waals surface area contributed by atoms with E-state index in [9.17, 15) is 0 Å². The average molecular weight is 220 g/mol. The van der Waals surface area contributed by atoms with Crippen molar-refractivity contribution in [2.45, 2.75) is 39.2 Å². The first-order chi connectivity index (χ1) is 7.40. The van der Waals surface area contributed by atoms with E-state index in [0.29, 0.717) is 6.54 Å². The molecule has 0 spiro atoms. The molecule has 1 aromatic rings. The Morgan fingerprint density at radius 1 is 1.31 bits per heavy atom. The molecule has 3 N–H and O–H groups in total. The van der Waals surface area contributed by atoms with E-state index in [0.717, 1.165) is 0 Å². The number of rotatable bonds is 3. The number of aryl methyl sites for hydroxylation is 1. The molecule has 0 aliphatic heterocycles. The molecular formula is C14H24N2. The van der Waals surface area contributed by atoms with Crippen LogP contribution in [0.4, 0.5) is 0 Å². The second-order valence-corrected chi connectivity index (χ2v) is 5.40. The van der Waals surface area contributed by atoms with Crippen molar-refractivity contribution < 1.29 is 0 Å². The number of nitrogens with one attached hydrogen (secondary N) is 1. The Kier molecular flexibility index (Phi) is 4.11. The molecular weight excluding hydrogens is 196 g/mol. The molecule has 0 bridgehead atoms. The van der Waals surface area contributed by atoms with Gasteiger partial charge in [0.25, 0.3) is 0 Å². The monoisotopic (exact) mass is 220 g/mol. The number of likely N-dealkylation sites (N-methyl/N-ethyl adjacent to an activating group) is 1. The Morgan fingerprint density at radius 2 is 1.94 bits per heavy atom. The lowest BCUT2D eigenvalue weighted by molar-refractivity contribution is 0.582. The average Bonchev–Trinajstić information content (AvgIpc) is 2.20. The molecule has 1 unspecified atom stereocenters. The molecule has 0 aromatic heterocycles. The normalized spacial score (nSPS) is 13.9. The van der Waals surface area contributed by atoms with Crippen molar-refractivity contribution in [1.82, 2.24) is 5.32 Å². The summed E-state index contributed by atoms with van der Waals surface area (Å²) in [4.78, 5) is 0. The number of nitrogens with two attached hydrogens (primary N) is 1. The standard InChI is InChI=1S/C14H24N2/c1-10-8-11(14(2,3)4)6-7-12(10)13(9-15)16-5/h6-8,13,16H,9,15H2,1-5H3. The maximum Gasteiger partial charge on any atom is 0.0444 e. The van der Waals surface area contributed by atoms with Gasteiger partial charge in [-0.1, -0.05) is 39.0 Å². The van der Waals surface area contributed by atoms with Crippen molar-refractivity contribution in [1.29, 1.82) is 0 Å². The summed E-state index contributed by atoms with van der Waals surface area (Å²) in [5.74, 6) is 0. The van der Waals surface area contributed by atoms with Crippen LogP contribution in [0.2, 0.25) is 0 Å². The fourth-order valence-electron chi connectivity index (χ4n) is 1.93. The van der Waals surface area contributed by atoms with Crippen LogP contribution in [0.3, 0.4) is 0 Å². The van der Waals surface area contributed by atoms with Crippen LogP contribution in [0.1, 0.15) is 43.5 Å². The topological polar surface area (TPSA) is 38.0 Å². The molecule has 0 amide bonds. The molecule has 0 heterocycles. The Hall–Kier alpha value is -0.860. The van der Waals surface area contributed by atoms with Crippen LogP contribution >= 0.6 is 0 Å². The van der Waals surface area contributed by atoms with Crippen LogP contribution in [-0.2, 0) is 5.41 Å². The van der Waals surface area contributed by atoms with Gasteiger partial charge in [-0.25, -0.2) is 0 Å². The number of benzene rings is 1. The van der Waals surface area contributed by atoms with Crippen LogP contribution in [0.25, 0.3) is 0 Å². The lowest BCUT2D eigenvalue weighted by atomic mass is 9.84. The zero-order valence-corrected chi connectivity index (χ0v) is 11.1. The smallest absolute Gasteiger partial charge is 0.0444 e. The first kappa shape index (κ1) is 13.2. The van der Waals surface area contributed by atoms with Crippen molar-refractivity contribution in [2.24, 2.45) is 5.73 Å². The van der Waals surface area contributed by atoms with Crippen molar-refractivity contribution in [3.05, 3.63) is 34.9 Å². The van der Waals surface area contributed by atoms with Gasteiger partial charge in [0.1, 0.15) is 0 Å². The summed E-state index contributed by atoms with van der Waals surface area (Å²) in [7, 11) is 1.95. The first-order valence-electron chi connectivity index (χ1n) is 5.88. The molecule has 0 radical (unpaired) electrons. The van der Waals surface area contributed by atoms with Gasteiger partial charge in [-0.2, -0.15) is 0 Å². The Morgan fingerprint density at radius 3 is 2.31 bits per heavy atom. The van der Waals surface area contributed by atoms with Gasteiger partial charge in [-0.05, 0) is 36.1 Å². The van der Waals surface area contributed by atoms with E-state index >= 15 is 0 Å². The lowest BCUT2D eigenvalue weighted by Crippen LogP contribution is -2.25. The van der Waals surface area contributed by atoms with Gasteiger partial charge >= 0.3 is 0 Å². The Bertz CT molecular complexity index is 346. The molecule has 90 valence electrons. The summed E-state index contributed by atoms with van der Waals surface area (Å²) in [6, 6.07) is 6.94. The maximum atomic E-state index is 5.75. The zero-order valence-electron chi connectivity index (χ0n) is 11.1. The minimum absolute atomic E-state index is 0.209. The van der Waals surface area contributed by atoms with Gasteiger partial charge in [-0.3, -0.25) is 0 Å². The zero-order chi connectivity index (χ0) is 12.3. The first-order valence-corrected chi connectivity index (χ1v) is 5.88. The third-order valence-corrected chi connectivity index (χ3v) is 3.10. The van der Waals surface area contributed by atoms with E-state index in [2.05, 4.69) is 51.2 Å². The third-order valence-electron chi connectivity index (χ3n) is 3.10. The molecule has 0 saturated carbocycles. The van der Waals surface area contributed by atoms with E-state index in [1.807, 2.05) is 7.05 Å². The van der Waals surface area contributed by atoms with Crippen LogP contribution in [0, 0.1) is 6.92 Å². The summed E-state index contributed by atoms with van der Waals surface area (Å²) in [6.07, 6.45) is 0. The molecule has 16 heavy (non-hydrogen) atoms. The second-order valence-electron chi connectivity index (χ2n) is 5.40. The van der Waals surface area contributed by atoms with E-state index in [1.165, 1.54) is 16.7 Å². The second kappa shape index (κ2) is 4.98. The van der Waals surface area contributed by atoms with Gasteiger partial charge in [0, 0.05) is 12.6 Å². The molecule has 0 fully saturated rings. The highest BCUT2D eigenvalue weighted by Crippen LogP contribution is 2.26. The highest BCUT2D eigenvalue weighted by atomic mass is 14.9. The molecule has 0 aliphatic rings. The largest absolute Gasteiger partial charge is 0.329 e. The highest BCUT2D eigenvalue weighted by Gasteiger charge is 2.16. The molecule has 1 aromatic carbocycles. The molecule has 2 heteroatoms. The minimum Gasteiger partial charge on any atom is -0.329 e. The van der Waals surface area contributed by atoms with E-state index in [1.54, 1.807) is 0 Å². The Balaban J connectivity index is 3.09. The summed E-state index contributed by atoms with van der Waals surface area (Å²) in [6.45, 7) is 9.50. The van der Waals surface area contributed by atoms with E-state index in [-0.39, 0.29) is 11.5 Å². The summed E-state index contributed by atoms with van der Waals surface area (Å²) < 4.78 is 0. The maximum absolute atomic E-state index is 5.75. The van der Waals surface area contributed by atoms with Crippen molar-refractivity contribution >= 4 is 0 Å². The molecule has 2 nitrogen and oxygen atoms in total.